The molecule has 1 aromatic heterocycles. The van der Waals surface area contributed by atoms with Gasteiger partial charge in [0, 0.05) is 61.1 Å². The maximum absolute atomic E-state index is 14.7. The van der Waals surface area contributed by atoms with Gasteiger partial charge in [0.1, 0.15) is 54.3 Å². The third-order valence-corrected chi connectivity index (χ3v) is 11.7. The highest BCUT2D eigenvalue weighted by molar-refractivity contribution is 6.07. The van der Waals surface area contributed by atoms with Crippen LogP contribution in [0.1, 0.15) is 93.6 Å². The number of hydrogen-bond donors (Lipinski definition) is 6. The molecule has 4 atom stereocenters. The van der Waals surface area contributed by atoms with E-state index in [0.29, 0.717) is 54.8 Å². The van der Waals surface area contributed by atoms with Gasteiger partial charge in [-0.15, -0.1) is 12.4 Å². The molecule has 23 heteroatoms. The average Bonchev–Trinajstić information content (AvgIpc) is 4.14. The first kappa shape index (κ1) is 53.6. The van der Waals surface area contributed by atoms with E-state index in [2.05, 4.69) is 31.6 Å². The van der Waals surface area contributed by atoms with Gasteiger partial charge in [-0.3, -0.25) is 19.2 Å². The number of rotatable bonds is 9. The normalized spacial score (nSPS) is 18.2. The van der Waals surface area contributed by atoms with E-state index in [0.717, 1.165) is 12.5 Å². The van der Waals surface area contributed by atoms with Crippen molar-refractivity contribution in [2.45, 2.75) is 76.5 Å². The lowest BCUT2D eigenvalue weighted by Crippen LogP contribution is -2.37. The number of benzene rings is 4. The van der Waals surface area contributed by atoms with Crippen LogP contribution < -0.4 is 41.8 Å². The number of anilines is 2. The van der Waals surface area contributed by atoms with Gasteiger partial charge in [-0.25, -0.2) is 36.7 Å². The maximum Gasteiger partial charge on any atom is 0.419 e. The van der Waals surface area contributed by atoms with Gasteiger partial charge in [-0.05, 0) is 98.5 Å². The van der Waals surface area contributed by atoms with Gasteiger partial charge in [0.2, 0.25) is 11.8 Å². The minimum atomic E-state index is -0.764. The second-order valence-corrected chi connectivity index (χ2v) is 16.8. The third-order valence-electron chi connectivity index (χ3n) is 11.7. The van der Waals surface area contributed by atoms with Gasteiger partial charge in [0.15, 0.2) is 0 Å². The molecule has 4 aromatic carbocycles. The van der Waals surface area contributed by atoms with Crippen LogP contribution in [0.4, 0.5) is 38.5 Å². The predicted octanol–water partition coefficient (Wildman–Crippen LogP) is 7.23. The van der Waals surface area contributed by atoms with Crippen LogP contribution in [0.15, 0.2) is 79.4 Å². The fourth-order valence-electron chi connectivity index (χ4n) is 7.91. The summed E-state index contributed by atoms with van der Waals surface area (Å²) < 4.78 is 77.9. The van der Waals surface area contributed by atoms with Gasteiger partial charge in [0.25, 0.3) is 11.8 Å². The van der Waals surface area contributed by atoms with E-state index >= 15 is 0 Å². The molecule has 9 rings (SSSR count). The zero-order valence-electron chi connectivity index (χ0n) is 38.9. The molecule has 0 radical (unpaired) electrons. The molecule has 4 aliphatic rings. The Kier molecular flexibility index (Phi) is 18.2. The average molecular weight is 1020 g/mol. The monoisotopic (exact) mass is 1020 g/mol. The van der Waals surface area contributed by atoms with Crippen molar-refractivity contribution in [3.63, 3.8) is 0 Å². The summed E-state index contributed by atoms with van der Waals surface area (Å²) in [5.74, 6) is -2.74. The molecule has 0 bridgehead atoms. The minimum Gasteiger partial charge on any atom is -0.492 e. The smallest absolute Gasteiger partial charge is 0.419 e. The topological polar surface area (TPSA) is 243 Å². The minimum absolute atomic E-state index is 0. The summed E-state index contributed by atoms with van der Waals surface area (Å²) in [4.78, 5) is 74.7. The summed E-state index contributed by atoms with van der Waals surface area (Å²) in [5.41, 5.74) is 8.09. The Bertz CT molecular complexity index is 2820. The molecule has 2 saturated heterocycles. The molecule has 0 spiro atoms. The number of aryl methyl sites for hydroxylation is 2. The number of halogens is 5. The Labute approximate surface area is 416 Å². The molecule has 4 aliphatic heterocycles. The lowest BCUT2D eigenvalue weighted by atomic mass is 9.96. The highest BCUT2D eigenvalue weighted by atomic mass is 35.5. The van der Waals surface area contributed by atoms with Crippen LogP contribution in [-0.4, -0.2) is 83.9 Å². The van der Waals surface area contributed by atoms with Crippen molar-refractivity contribution in [1.82, 2.24) is 25.5 Å². The summed E-state index contributed by atoms with van der Waals surface area (Å²) in [6.07, 6.45) is 6.10. The standard InChI is InChI=1S/C23H23F2N3O5.C17H16F2N2O2.C9H11N3O3.ClH/c1-12-10-13(2-5-16(12)24)27-22(30)15-4-6-17(25)20-18(8-9-32-21(15)20)28-23(31)33-11-14-3-7-19(29)26-14;1-9-8-10(2-4-12(9)18)21-17(22)11-3-5-13(19)15-14(20)6-7-23-16(11)15;13-8-2-1-7(11-8)5-15-9(14)12-4-3-10-6-12;/h2,4-6,10,14,18H,3,7-9,11H2,1H3,(H,26,29)(H,27,30)(H,28,31);2-5,8,14H,6-7,20H2,1H3,(H,21,22);3-4,6-7H,1-2,5H2,(H,11,13);1H/t14-,18-;14-;7-;/m000./s1. The summed E-state index contributed by atoms with van der Waals surface area (Å²) in [5, 5.41) is 13.3. The molecule has 5 amide bonds. The molecule has 7 N–H and O–H groups in total. The summed E-state index contributed by atoms with van der Waals surface area (Å²) in [6, 6.07) is 11.8. The summed E-state index contributed by atoms with van der Waals surface area (Å²) in [7, 11) is 0. The van der Waals surface area contributed by atoms with Crippen molar-refractivity contribution in [2.24, 2.45) is 5.73 Å². The number of nitrogens with zero attached hydrogens (tertiary/aromatic N) is 2. The van der Waals surface area contributed by atoms with Crippen molar-refractivity contribution >= 4 is 59.6 Å². The van der Waals surface area contributed by atoms with Gasteiger partial charge >= 0.3 is 12.2 Å². The largest absolute Gasteiger partial charge is 0.492 e. The molecule has 0 unspecified atom stereocenters. The molecule has 72 heavy (non-hydrogen) atoms. The molecule has 382 valence electrons. The highest BCUT2D eigenvalue weighted by Gasteiger charge is 2.32. The zero-order chi connectivity index (χ0) is 50.8. The number of carbonyl (C=O) groups is 6. The number of nitrogens with two attached hydrogens (primary N) is 1. The quantitative estimate of drug-likeness (QED) is 0.0802. The number of alkyl carbamates (subject to hydrolysis) is 1. The Morgan fingerprint density at radius 3 is 1.71 bits per heavy atom. The fourth-order valence-corrected chi connectivity index (χ4v) is 7.91. The number of aromatic nitrogens is 2. The number of hydrogen-bond acceptors (Lipinski definition) is 12. The van der Waals surface area contributed by atoms with E-state index in [4.69, 9.17) is 24.7 Å². The van der Waals surface area contributed by atoms with E-state index in [-0.39, 0.29) is 102 Å². The van der Waals surface area contributed by atoms with Crippen LogP contribution >= 0.6 is 12.4 Å². The Balaban J connectivity index is 0.000000189. The number of carbonyl (C=O) groups excluding carboxylic acids is 6. The molecule has 5 aromatic rings. The second kappa shape index (κ2) is 24.4. The number of fused-ring (bicyclic) bond motifs is 2. The predicted molar refractivity (Wildman–Crippen MR) is 254 cm³/mol. The lowest BCUT2D eigenvalue weighted by molar-refractivity contribution is -0.120. The van der Waals surface area contributed by atoms with Crippen LogP contribution in [0, 0.1) is 37.1 Å². The van der Waals surface area contributed by atoms with Crippen LogP contribution in [0.2, 0.25) is 0 Å². The fraction of sp³-hybridized carbons (Fsp3) is 0.327. The number of imidazole rings is 1. The van der Waals surface area contributed by atoms with Crippen LogP contribution in [0.3, 0.4) is 0 Å². The third kappa shape index (κ3) is 13.6. The second-order valence-electron chi connectivity index (χ2n) is 16.8. The van der Waals surface area contributed by atoms with Gasteiger partial charge < -0.3 is 51.3 Å². The molecular formula is C49H51ClF4N8O10. The van der Waals surface area contributed by atoms with Gasteiger partial charge in [-0.1, -0.05) is 0 Å². The highest BCUT2D eigenvalue weighted by Crippen LogP contribution is 2.38. The summed E-state index contributed by atoms with van der Waals surface area (Å²) >= 11 is 0. The number of ether oxygens (including phenoxy) is 4. The molecule has 18 nitrogen and oxygen atoms in total. The van der Waals surface area contributed by atoms with E-state index < -0.39 is 53.5 Å². The van der Waals surface area contributed by atoms with Gasteiger partial charge in [-0.2, -0.15) is 0 Å². The van der Waals surface area contributed by atoms with Crippen molar-refractivity contribution < 1.29 is 65.3 Å². The Morgan fingerprint density at radius 1 is 0.708 bits per heavy atom. The van der Waals surface area contributed by atoms with Crippen molar-refractivity contribution in [3.05, 3.63) is 136 Å². The van der Waals surface area contributed by atoms with Crippen molar-refractivity contribution in [1.29, 1.82) is 0 Å². The number of amides is 5. The van der Waals surface area contributed by atoms with Gasteiger partial charge in [0.05, 0.1) is 48.0 Å². The van der Waals surface area contributed by atoms with Crippen molar-refractivity contribution in [2.75, 3.05) is 37.1 Å². The maximum atomic E-state index is 14.7. The summed E-state index contributed by atoms with van der Waals surface area (Å²) in [6.45, 7) is 3.87. The van der Waals surface area contributed by atoms with Crippen LogP contribution in [-0.2, 0) is 19.1 Å². The van der Waals surface area contributed by atoms with Crippen LogP contribution in [0.5, 0.6) is 11.5 Å². The molecule has 2 fully saturated rings. The van der Waals surface area contributed by atoms with E-state index in [9.17, 15) is 46.3 Å². The van der Waals surface area contributed by atoms with E-state index in [1.54, 1.807) is 13.8 Å². The molecule has 0 aliphatic carbocycles. The zero-order valence-corrected chi connectivity index (χ0v) is 39.7. The lowest BCUT2D eigenvalue weighted by Gasteiger charge is -2.28. The SMILES string of the molecule is Cc1cc(NC(=O)c2ccc(F)c3c2OCC[C@@H]3N)ccc1F.Cc1cc(NC(=O)c2ccc(F)c3c2OCC[C@@H]3NC(=O)OC[C@@H]2CCC(=O)N2)ccc1F.Cl.O=C1CC[C@@H](COC(=O)n2ccnc2)N1. The molecular weight excluding hydrogens is 972 g/mol. The molecule has 5 heterocycles. The van der Waals surface area contributed by atoms with Crippen LogP contribution in [0.25, 0.3) is 0 Å². The van der Waals surface area contributed by atoms with E-state index in [1.165, 1.54) is 77.9 Å². The first-order valence-corrected chi connectivity index (χ1v) is 22.5. The van der Waals surface area contributed by atoms with Crippen molar-refractivity contribution in [3.8, 4) is 11.5 Å². The molecule has 0 saturated carbocycles. The first-order valence-electron chi connectivity index (χ1n) is 22.5. The Morgan fingerprint density at radius 2 is 1.21 bits per heavy atom. The van der Waals surface area contributed by atoms with E-state index in [1.807, 2.05) is 0 Å². The number of nitrogens with one attached hydrogen (secondary N) is 5. The first-order chi connectivity index (χ1) is 34.0. The Hall–Kier alpha value is -7.72.